The standard InChI is InChI=1S/C33H56O2Si/c1-4-5-7-10-27-11-13-28(14-12-27)29-15-17-30(18-16-29)31-19-21-33(22-20-31)36(2,3)24-9-6-8-23-34-25-32-26-35-32/h19-22,27-30,32H,4-18,23-26H2,1-3H3. The predicted molar refractivity (Wildman–Crippen MR) is 157 cm³/mol. The lowest BCUT2D eigenvalue weighted by atomic mass is 9.68. The summed E-state index contributed by atoms with van der Waals surface area (Å²) in [6.45, 7) is 10.1. The average Bonchev–Trinajstić information content (AvgIpc) is 3.73. The molecular formula is C33H56O2Si. The molecular weight excluding hydrogens is 456 g/mol. The summed E-state index contributed by atoms with van der Waals surface area (Å²) in [7, 11) is -1.34. The Labute approximate surface area is 224 Å². The van der Waals surface area contributed by atoms with Crippen molar-refractivity contribution in [2.24, 2.45) is 17.8 Å². The summed E-state index contributed by atoms with van der Waals surface area (Å²) in [4.78, 5) is 0. The van der Waals surface area contributed by atoms with Crippen LogP contribution in [0.1, 0.15) is 115 Å². The number of ether oxygens (including phenoxy) is 2. The molecule has 1 aromatic rings. The molecule has 1 aliphatic heterocycles. The van der Waals surface area contributed by atoms with Gasteiger partial charge < -0.3 is 9.47 Å². The highest BCUT2D eigenvalue weighted by Gasteiger charge is 2.31. The maximum absolute atomic E-state index is 5.69. The summed E-state index contributed by atoms with van der Waals surface area (Å²) in [5.41, 5.74) is 1.62. The van der Waals surface area contributed by atoms with Crippen LogP contribution in [0.15, 0.2) is 24.3 Å². The van der Waals surface area contributed by atoms with Crippen molar-refractivity contribution >= 4 is 13.3 Å². The Bertz CT molecular complexity index is 725. The van der Waals surface area contributed by atoms with Crippen LogP contribution in [-0.2, 0) is 9.47 Å². The fraction of sp³-hybridized carbons (Fsp3) is 0.818. The van der Waals surface area contributed by atoms with E-state index in [1.54, 1.807) is 10.8 Å². The van der Waals surface area contributed by atoms with Crippen LogP contribution >= 0.6 is 0 Å². The monoisotopic (exact) mass is 512 g/mol. The van der Waals surface area contributed by atoms with Crippen molar-refractivity contribution in [3.63, 3.8) is 0 Å². The van der Waals surface area contributed by atoms with E-state index < -0.39 is 8.07 Å². The van der Waals surface area contributed by atoms with E-state index in [9.17, 15) is 0 Å². The van der Waals surface area contributed by atoms with Gasteiger partial charge >= 0.3 is 0 Å². The second kappa shape index (κ2) is 14.5. The van der Waals surface area contributed by atoms with Crippen LogP contribution in [0, 0.1) is 17.8 Å². The number of benzene rings is 1. The fourth-order valence-corrected chi connectivity index (χ4v) is 9.72. The minimum absolute atomic E-state index is 0.402. The molecule has 0 spiro atoms. The molecule has 0 aromatic heterocycles. The summed E-state index contributed by atoms with van der Waals surface area (Å²) in [5, 5.41) is 1.65. The highest BCUT2D eigenvalue weighted by molar-refractivity contribution is 6.89. The molecule has 0 amide bonds. The van der Waals surface area contributed by atoms with E-state index in [0.29, 0.717) is 6.10 Å². The number of rotatable bonds is 15. The van der Waals surface area contributed by atoms with Gasteiger partial charge in [-0.15, -0.1) is 0 Å². The summed E-state index contributed by atoms with van der Waals surface area (Å²) in [6.07, 6.45) is 22.0. The number of hydrogen-bond acceptors (Lipinski definition) is 2. The molecule has 36 heavy (non-hydrogen) atoms. The van der Waals surface area contributed by atoms with Crippen LogP contribution in [0.2, 0.25) is 19.1 Å². The molecule has 1 saturated heterocycles. The van der Waals surface area contributed by atoms with Gasteiger partial charge in [-0.2, -0.15) is 0 Å². The summed E-state index contributed by atoms with van der Waals surface area (Å²) >= 11 is 0. The molecule has 2 aliphatic carbocycles. The minimum Gasteiger partial charge on any atom is -0.379 e. The Kier molecular flexibility index (Phi) is 11.4. The summed E-state index contributed by atoms with van der Waals surface area (Å²) < 4.78 is 10.9. The van der Waals surface area contributed by atoms with Gasteiger partial charge in [0.15, 0.2) is 0 Å². The maximum atomic E-state index is 5.69. The molecule has 3 heteroatoms. The lowest BCUT2D eigenvalue weighted by Crippen LogP contribution is -2.41. The zero-order valence-electron chi connectivity index (χ0n) is 23.9. The molecule has 0 bridgehead atoms. The molecule has 0 N–H and O–H groups in total. The van der Waals surface area contributed by atoms with Crippen molar-refractivity contribution in [1.29, 1.82) is 0 Å². The lowest BCUT2D eigenvalue weighted by molar-refractivity contribution is 0.113. The molecule has 2 nitrogen and oxygen atoms in total. The van der Waals surface area contributed by atoms with Crippen LogP contribution in [0.3, 0.4) is 0 Å². The van der Waals surface area contributed by atoms with Gasteiger partial charge in [0, 0.05) is 6.61 Å². The molecule has 1 heterocycles. The minimum atomic E-state index is -1.34. The van der Waals surface area contributed by atoms with Crippen LogP contribution < -0.4 is 5.19 Å². The fourth-order valence-electron chi connectivity index (χ4n) is 7.23. The Balaban J connectivity index is 1.13. The lowest BCUT2D eigenvalue weighted by Gasteiger charge is -2.38. The molecule has 4 rings (SSSR count). The van der Waals surface area contributed by atoms with E-state index in [2.05, 4.69) is 44.3 Å². The third-order valence-corrected chi connectivity index (χ3v) is 13.5. The van der Waals surface area contributed by atoms with Crippen molar-refractivity contribution in [3.8, 4) is 0 Å². The summed E-state index contributed by atoms with van der Waals surface area (Å²) in [6, 6.07) is 11.4. The van der Waals surface area contributed by atoms with Gasteiger partial charge in [-0.1, -0.05) is 107 Å². The van der Waals surface area contributed by atoms with Gasteiger partial charge in [-0.25, -0.2) is 0 Å². The highest BCUT2D eigenvalue weighted by atomic mass is 28.3. The predicted octanol–water partition coefficient (Wildman–Crippen LogP) is 8.85. The first-order chi connectivity index (χ1) is 17.5. The zero-order chi connectivity index (χ0) is 25.2. The molecule has 1 atom stereocenters. The normalized spacial score (nSPS) is 28.8. The average molecular weight is 513 g/mol. The van der Waals surface area contributed by atoms with Crippen molar-refractivity contribution in [2.45, 2.75) is 134 Å². The van der Waals surface area contributed by atoms with Gasteiger partial charge in [-0.05, 0) is 74.2 Å². The smallest absolute Gasteiger partial charge is 0.104 e. The SMILES string of the molecule is CCCCCC1CCC(C2CCC(c3ccc([Si](C)(C)CCCCCOCC4CO4)cc3)CC2)CC1. The van der Waals surface area contributed by atoms with E-state index in [1.165, 1.54) is 102 Å². The van der Waals surface area contributed by atoms with E-state index in [1.807, 2.05) is 0 Å². The van der Waals surface area contributed by atoms with E-state index in [-0.39, 0.29) is 0 Å². The third-order valence-electron chi connectivity index (χ3n) is 10.0. The van der Waals surface area contributed by atoms with E-state index in [0.717, 1.165) is 43.5 Å². The van der Waals surface area contributed by atoms with Crippen molar-refractivity contribution < 1.29 is 9.47 Å². The number of epoxide rings is 1. The molecule has 3 aliphatic rings. The van der Waals surface area contributed by atoms with Gasteiger partial charge in [0.25, 0.3) is 0 Å². The van der Waals surface area contributed by atoms with Crippen LogP contribution in [0.4, 0.5) is 0 Å². The second-order valence-corrected chi connectivity index (χ2v) is 18.1. The molecule has 1 unspecified atom stereocenters. The number of hydrogen-bond donors (Lipinski definition) is 0. The maximum Gasteiger partial charge on any atom is 0.104 e. The van der Waals surface area contributed by atoms with E-state index >= 15 is 0 Å². The molecule has 0 radical (unpaired) electrons. The summed E-state index contributed by atoms with van der Waals surface area (Å²) in [5.74, 6) is 3.93. The third kappa shape index (κ3) is 8.98. The van der Waals surface area contributed by atoms with Crippen LogP contribution in [0.5, 0.6) is 0 Å². The van der Waals surface area contributed by atoms with Gasteiger partial charge in [0.2, 0.25) is 0 Å². The second-order valence-electron chi connectivity index (χ2n) is 13.2. The number of unbranched alkanes of at least 4 members (excludes halogenated alkanes) is 4. The van der Waals surface area contributed by atoms with Gasteiger partial charge in [-0.3, -0.25) is 0 Å². The highest BCUT2D eigenvalue weighted by Crippen LogP contribution is 2.44. The quantitative estimate of drug-likeness (QED) is 0.133. The Morgan fingerprint density at radius 1 is 0.806 bits per heavy atom. The van der Waals surface area contributed by atoms with E-state index in [4.69, 9.17) is 9.47 Å². The topological polar surface area (TPSA) is 21.8 Å². The van der Waals surface area contributed by atoms with Gasteiger partial charge in [0.1, 0.15) is 6.10 Å². The first-order valence-electron chi connectivity index (χ1n) is 15.8. The molecule has 204 valence electrons. The largest absolute Gasteiger partial charge is 0.379 e. The molecule has 3 fully saturated rings. The van der Waals surface area contributed by atoms with Crippen LogP contribution in [-0.4, -0.2) is 34.0 Å². The van der Waals surface area contributed by atoms with Crippen LogP contribution in [0.25, 0.3) is 0 Å². The Morgan fingerprint density at radius 3 is 2.11 bits per heavy atom. The zero-order valence-corrected chi connectivity index (χ0v) is 24.9. The Morgan fingerprint density at radius 2 is 1.47 bits per heavy atom. The van der Waals surface area contributed by atoms with Gasteiger partial charge in [0.05, 0.1) is 21.3 Å². The molecule has 2 saturated carbocycles. The van der Waals surface area contributed by atoms with Crippen molar-refractivity contribution in [3.05, 3.63) is 29.8 Å². The first-order valence-corrected chi connectivity index (χ1v) is 19.1. The first kappa shape index (κ1) is 28.4. The molecule has 1 aromatic carbocycles. The Hall–Kier alpha value is -0.643. The van der Waals surface area contributed by atoms with Crippen molar-refractivity contribution in [2.75, 3.05) is 19.8 Å². The van der Waals surface area contributed by atoms with Crippen molar-refractivity contribution in [1.82, 2.24) is 0 Å².